The number of nitrogens with zero attached hydrogens (tertiary/aromatic N) is 3. The first-order chi connectivity index (χ1) is 13.5. The minimum absolute atomic E-state index is 0.125. The molecule has 28 heavy (non-hydrogen) atoms. The van der Waals surface area contributed by atoms with Crippen LogP contribution in [0.1, 0.15) is 33.2 Å². The molecule has 2 aromatic carbocycles. The maximum Gasteiger partial charge on any atom is 0.251 e. The average molecular weight is 380 g/mol. The summed E-state index contributed by atoms with van der Waals surface area (Å²) in [4.78, 5) is 18.6. The smallest absolute Gasteiger partial charge is 0.251 e. The van der Waals surface area contributed by atoms with E-state index in [0.29, 0.717) is 29.6 Å². The van der Waals surface area contributed by atoms with E-state index in [4.69, 9.17) is 9.26 Å². The number of rotatable bonds is 8. The highest BCUT2D eigenvalue weighted by Crippen LogP contribution is 2.15. The zero-order valence-electron chi connectivity index (χ0n) is 16.3. The number of nitrogens with one attached hydrogen (secondary N) is 1. The van der Waals surface area contributed by atoms with Crippen LogP contribution in [0.3, 0.4) is 0 Å². The third-order valence-corrected chi connectivity index (χ3v) is 4.10. The predicted octanol–water partition coefficient (Wildman–Crippen LogP) is 2.95. The monoisotopic (exact) mass is 380 g/mol. The molecule has 0 unspecified atom stereocenters. The van der Waals surface area contributed by atoms with E-state index in [1.165, 1.54) is 5.56 Å². The van der Waals surface area contributed by atoms with E-state index in [2.05, 4.69) is 26.4 Å². The molecule has 146 valence electrons. The van der Waals surface area contributed by atoms with Gasteiger partial charge in [0.2, 0.25) is 11.7 Å². The molecule has 1 aromatic heterocycles. The second kappa shape index (κ2) is 9.14. The molecule has 0 fully saturated rings. The number of carbonyl (C=O) groups is 1. The summed E-state index contributed by atoms with van der Waals surface area (Å²) in [6.07, 6.45) is 0. The quantitative estimate of drug-likeness (QED) is 0.647. The van der Waals surface area contributed by atoms with Gasteiger partial charge < -0.3 is 19.5 Å². The molecule has 1 amide bonds. The Hall–Kier alpha value is -3.19. The number of amides is 1. The summed E-state index contributed by atoms with van der Waals surface area (Å²) in [6, 6.07) is 15.1. The summed E-state index contributed by atoms with van der Waals surface area (Å²) in [7, 11) is 4.05. The molecule has 0 bridgehead atoms. The lowest BCUT2D eigenvalue weighted by atomic mass is 10.1. The lowest BCUT2D eigenvalue weighted by Gasteiger charge is -2.14. The molecule has 0 aliphatic rings. The van der Waals surface area contributed by atoms with E-state index in [1.807, 2.05) is 32.3 Å². The van der Waals surface area contributed by atoms with Gasteiger partial charge in [0.25, 0.3) is 5.91 Å². The third kappa shape index (κ3) is 5.40. The number of carbonyl (C=O) groups excluding carboxylic acids is 1. The molecule has 1 heterocycles. The second-order valence-electron chi connectivity index (χ2n) is 6.73. The van der Waals surface area contributed by atoms with E-state index in [0.717, 1.165) is 12.1 Å². The summed E-state index contributed by atoms with van der Waals surface area (Å²) >= 11 is 0. The molecule has 0 aliphatic carbocycles. The fourth-order valence-corrected chi connectivity index (χ4v) is 2.75. The highest BCUT2D eigenvalue weighted by molar-refractivity contribution is 5.94. The first-order valence-electron chi connectivity index (χ1n) is 9.03. The van der Waals surface area contributed by atoms with Gasteiger partial charge in [-0.25, -0.2) is 0 Å². The van der Waals surface area contributed by atoms with Crippen LogP contribution in [0, 0.1) is 6.92 Å². The molecule has 0 saturated carbocycles. The molecule has 7 heteroatoms. The second-order valence-corrected chi connectivity index (χ2v) is 6.73. The van der Waals surface area contributed by atoms with Crippen molar-refractivity contribution < 1.29 is 14.1 Å². The summed E-state index contributed by atoms with van der Waals surface area (Å²) in [5.74, 6) is 1.49. The Balaban J connectivity index is 1.55. The number of aromatic nitrogens is 2. The van der Waals surface area contributed by atoms with Gasteiger partial charge in [-0.15, -0.1) is 0 Å². The van der Waals surface area contributed by atoms with Crippen LogP contribution in [-0.4, -0.2) is 35.0 Å². The predicted molar refractivity (Wildman–Crippen MR) is 105 cm³/mol. The zero-order valence-corrected chi connectivity index (χ0v) is 16.3. The van der Waals surface area contributed by atoms with E-state index in [1.54, 1.807) is 31.2 Å². The Labute approximate surface area is 164 Å². The maximum atomic E-state index is 12.5. The zero-order chi connectivity index (χ0) is 19.9. The standard InChI is InChI=1S/C21H24N4O3/c1-15-23-20(24-28-15)14-27-19-10-8-16(9-11-19)21(26)22-12-17-6-4-5-7-18(17)13-25(2)3/h4-11H,12-14H2,1-3H3,(H,22,26). The molecular weight excluding hydrogens is 356 g/mol. The van der Waals surface area contributed by atoms with Gasteiger partial charge in [-0.2, -0.15) is 4.98 Å². The molecule has 1 N–H and O–H groups in total. The highest BCUT2D eigenvalue weighted by atomic mass is 16.5. The molecule has 3 aromatic rings. The fourth-order valence-electron chi connectivity index (χ4n) is 2.75. The normalized spacial score (nSPS) is 10.9. The molecule has 3 rings (SSSR count). The van der Waals surface area contributed by atoms with Crippen molar-refractivity contribution in [2.24, 2.45) is 0 Å². The van der Waals surface area contributed by atoms with Crippen LogP contribution in [0.25, 0.3) is 0 Å². The lowest BCUT2D eigenvalue weighted by molar-refractivity contribution is 0.0950. The minimum atomic E-state index is -0.125. The molecule has 0 saturated heterocycles. The van der Waals surface area contributed by atoms with Crippen molar-refractivity contribution in [3.8, 4) is 5.75 Å². The van der Waals surface area contributed by atoms with Gasteiger partial charge >= 0.3 is 0 Å². The van der Waals surface area contributed by atoms with E-state index < -0.39 is 0 Å². The number of hydrogen-bond acceptors (Lipinski definition) is 6. The molecule has 0 aliphatic heterocycles. The van der Waals surface area contributed by atoms with Crippen molar-refractivity contribution in [3.63, 3.8) is 0 Å². The summed E-state index contributed by atoms with van der Waals surface area (Å²) in [5, 5.41) is 6.75. The van der Waals surface area contributed by atoms with Crippen LogP contribution in [0.4, 0.5) is 0 Å². The summed E-state index contributed by atoms with van der Waals surface area (Å²) < 4.78 is 10.5. The topological polar surface area (TPSA) is 80.5 Å². The Bertz CT molecular complexity index is 919. The first kappa shape index (κ1) is 19.6. The van der Waals surface area contributed by atoms with Crippen LogP contribution >= 0.6 is 0 Å². The molecule has 0 atom stereocenters. The number of aryl methyl sites for hydroxylation is 1. The minimum Gasteiger partial charge on any atom is -0.485 e. The van der Waals surface area contributed by atoms with Gasteiger partial charge in [-0.3, -0.25) is 4.79 Å². The maximum absolute atomic E-state index is 12.5. The van der Waals surface area contributed by atoms with Crippen molar-refractivity contribution in [2.45, 2.75) is 26.6 Å². The van der Waals surface area contributed by atoms with Gasteiger partial charge in [-0.05, 0) is 49.5 Å². The van der Waals surface area contributed by atoms with Gasteiger partial charge in [0.05, 0.1) is 0 Å². The van der Waals surface area contributed by atoms with E-state index in [9.17, 15) is 4.79 Å². The average Bonchev–Trinajstić information content (AvgIpc) is 3.10. The Morgan fingerprint density at radius 2 is 1.82 bits per heavy atom. The van der Waals surface area contributed by atoms with Gasteiger partial charge in [0.1, 0.15) is 5.75 Å². The Kier molecular flexibility index (Phi) is 6.39. The molecule has 0 radical (unpaired) electrons. The van der Waals surface area contributed by atoms with Crippen LogP contribution in [-0.2, 0) is 19.7 Å². The summed E-state index contributed by atoms with van der Waals surface area (Å²) in [5.41, 5.74) is 2.89. The van der Waals surface area contributed by atoms with Crippen molar-refractivity contribution in [2.75, 3.05) is 14.1 Å². The molecule has 0 spiro atoms. The van der Waals surface area contributed by atoms with Crippen molar-refractivity contribution in [3.05, 3.63) is 76.9 Å². The van der Waals surface area contributed by atoms with Gasteiger partial charge in [0, 0.05) is 25.6 Å². The van der Waals surface area contributed by atoms with Crippen LogP contribution in [0.5, 0.6) is 5.75 Å². The van der Waals surface area contributed by atoms with Crippen molar-refractivity contribution in [1.29, 1.82) is 0 Å². The van der Waals surface area contributed by atoms with Crippen LogP contribution in [0.15, 0.2) is 53.1 Å². The van der Waals surface area contributed by atoms with Crippen molar-refractivity contribution >= 4 is 5.91 Å². The molecule has 7 nitrogen and oxygen atoms in total. The summed E-state index contributed by atoms with van der Waals surface area (Å²) in [6.45, 7) is 3.25. The number of benzene rings is 2. The van der Waals surface area contributed by atoms with Crippen LogP contribution < -0.4 is 10.1 Å². The van der Waals surface area contributed by atoms with Crippen LogP contribution in [0.2, 0.25) is 0 Å². The third-order valence-electron chi connectivity index (χ3n) is 4.10. The largest absolute Gasteiger partial charge is 0.485 e. The number of hydrogen-bond donors (Lipinski definition) is 1. The van der Waals surface area contributed by atoms with E-state index >= 15 is 0 Å². The SMILES string of the molecule is Cc1nc(COc2ccc(C(=O)NCc3ccccc3CN(C)C)cc2)no1. The first-order valence-corrected chi connectivity index (χ1v) is 9.03. The van der Waals surface area contributed by atoms with Crippen molar-refractivity contribution in [1.82, 2.24) is 20.4 Å². The van der Waals surface area contributed by atoms with Gasteiger partial charge in [-0.1, -0.05) is 29.4 Å². The Morgan fingerprint density at radius 3 is 2.46 bits per heavy atom. The fraction of sp³-hybridized carbons (Fsp3) is 0.286. The lowest BCUT2D eigenvalue weighted by Crippen LogP contribution is -2.24. The Morgan fingerprint density at radius 1 is 1.11 bits per heavy atom. The highest BCUT2D eigenvalue weighted by Gasteiger charge is 2.09. The van der Waals surface area contributed by atoms with Gasteiger partial charge in [0.15, 0.2) is 6.61 Å². The number of ether oxygens (including phenoxy) is 1. The molecular formula is C21H24N4O3. The van der Waals surface area contributed by atoms with E-state index in [-0.39, 0.29) is 12.5 Å².